The van der Waals surface area contributed by atoms with Crippen molar-refractivity contribution in [3.63, 3.8) is 0 Å². The Hall–Kier alpha value is -3.23. The zero-order valence-corrected chi connectivity index (χ0v) is 25.1. The first-order chi connectivity index (χ1) is 21.4. The number of nitrogens with zero attached hydrogens (tertiary/aromatic N) is 5. The average molecular weight is 652 g/mol. The summed E-state index contributed by atoms with van der Waals surface area (Å²) in [4.78, 5) is 17.2. The first kappa shape index (κ1) is 29.2. The lowest BCUT2D eigenvalue weighted by molar-refractivity contribution is -0.137. The molecule has 45 heavy (non-hydrogen) atoms. The lowest BCUT2D eigenvalue weighted by Gasteiger charge is -2.40. The molecular formula is C30H31ClF5N7O2. The Labute approximate surface area is 260 Å². The van der Waals surface area contributed by atoms with Crippen molar-refractivity contribution in [3.05, 3.63) is 28.0 Å². The molecule has 0 radical (unpaired) electrons. The van der Waals surface area contributed by atoms with E-state index in [0.29, 0.717) is 25.3 Å². The van der Waals surface area contributed by atoms with Gasteiger partial charge in [0, 0.05) is 31.6 Å². The highest BCUT2D eigenvalue weighted by Gasteiger charge is 2.50. The molecule has 1 aromatic carbocycles. The van der Waals surface area contributed by atoms with Crippen molar-refractivity contribution in [3.8, 4) is 23.0 Å². The summed E-state index contributed by atoms with van der Waals surface area (Å²) in [5.74, 6) is -1.04. The van der Waals surface area contributed by atoms with Gasteiger partial charge in [-0.15, -0.1) is 0 Å². The number of alkyl halides is 4. The maximum atomic E-state index is 16.9. The molecule has 9 nitrogen and oxygen atoms in total. The number of hydrogen-bond acceptors (Lipinski definition) is 9. The fourth-order valence-electron chi connectivity index (χ4n) is 8.24. The first-order valence-electron chi connectivity index (χ1n) is 15.2. The van der Waals surface area contributed by atoms with Gasteiger partial charge in [0.05, 0.1) is 38.8 Å². The lowest BCUT2D eigenvalue weighted by Crippen LogP contribution is -2.60. The Morgan fingerprint density at radius 2 is 2.04 bits per heavy atom. The molecule has 3 aromatic rings. The van der Waals surface area contributed by atoms with Crippen molar-refractivity contribution in [1.82, 2.24) is 25.2 Å². The van der Waals surface area contributed by atoms with E-state index in [-0.39, 0.29) is 70.4 Å². The van der Waals surface area contributed by atoms with E-state index in [9.17, 15) is 17.6 Å². The van der Waals surface area contributed by atoms with Gasteiger partial charge in [0.1, 0.15) is 36.5 Å². The maximum Gasteiger partial charge on any atom is 0.418 e. The van der Waals surface area contributed by atoms with E-state index in [0.717, 1.165) is 38.3 Å². The minimum atomic E-state index is -4.89. The third-order valence-electron chi connectivity index (χ3n) is 10.2. The molecule has 0 saturated carbocycles. The van der Waals surface area contributed by atoms with E-state index in [2.05, 4.69) is 20.2 Å². The van der Waals surface area contributed by atoms with Crippen LogP contribution < -0.4 is 25.4 Å². The van der Waals surface area contributed by atoms with E-state index >= 15 is 4.39 Å². The highest BCUT2D eigenvalue weighted by Crippen LogP contribution is 2.51. The van der Waals surface area contributed by atoms with Crippen LogP contribution in [0.5, 0.6) is 11.8 Å². The van der Waals surface area contributed by atoms with Crippen molar-refractivity contribution in [2.75, 3.05) is 43.5 Å². The molecule has 15 heteroatoms. The van der Waals surface area contributed by atoms with E-state index in [1.54, 1.807) is 0 Å². The van der Waals surface area contributed by atoms with E-state index in [1.807, 2.05) is 4.90 Å². The van der Waals surface area contributed by atoms with Gasteiger partial charge < -0.3 is 25.4 Å². The van der Waals surface area contributed by atoms with E-state index < -0.39 is 40.5 Å². The SMILES string of the molecule is Cc1cc(N)nc(-c2c(Cl)c3c4c(nc(OC[C@@]56CCCN5C[C@H](F)C6)nc4c2F)N2CC4CCC(N4)C2CO3)c1C(F)(F)F. The molecule has 2 aromatic heterocycles. The fraction of sp³-hybridized carbons (Fsp3) is 0.567. The molecule has 0 amide bonds. The molecule has 3 N–H and O–H groups in total. The van der Waals surface area contributed by atoms with Crippen LogP contribution in [0, 0.1) is 12.7 Å². The Balaban J connectivity index is 1.34. The van der Waals surface area contributed by atoms with Crippen LogP contribution in [0.4, 0.5) is 33.6 Å². The quantitative estimate of drug-likeness (QED) is 0.376. The number of halogens is 6. The molecule has 5 atom stereocenters. The number of rotatable bonds is 4. The standard InChI is InChI=1S/C30H31ClF5N7O2/c1-13-7-18(37)39-24(21(13)30(34,35)36)19-22(31)26-20-25(23(19)33)40-28(45-12-29-5-2-6-42(29)9-14(32)8-29)41-27(20)43-10-15-3-4-16(38-15)17(43)11-44-26/h7,14-17,38H,2-6,8-12H2,1H3,(H2,37,39)/t14-,15?,16?,17?,29+/m1/s1. The Bertz CT molecular complexity index is 1730. The van der Waals surface area contributed by atoms with Crippen LogP contribution in [0.1, 0.15) is 43.2 Å². The lowest BCUT2D eigenvalue weighted by atomic mass is 9.95. The number of nitrogens with two attached hydrogens (primary N) is 1. The third-order valence-corrected chi connectivity index (χ3v) is 10.5. The van der Waals surface area contributed by atoms with Crippen molar-refractivity contribution < 1.29 is 31.4 Å². The minimum absolute atomic E-state index is 0.0264. The predicted octanol–water partition coefficient (Wildman–Crippen LogP) is 5.05. The molecule has 8 rings (SSSR count). The van der Waals surface area contributed by atoms with Crippen molar-refractivity contribution in [2.24, 2.45) is 0 Å². The number of nitrogens with one attached hydrogen (secondary N) is 1. The molecule has 7 heterocycles. The van der Waals surface area contributed by atoms with Gasteiger partial charge in [0.25, 0.3) is 0 Å². The van der Waals surface area contributed by atoms with Gasteiger partial charge in [0.2, 0.25) is 0 Å². The summed E-state index contributed by atoms with van der Waals surface area (Å²) in [6, 6.07) is 0.930. The normalized spacial score (nSPS) is 29.1. The number of piperazine rings is 1. The summed E-state index contributed by atoms with van der Waals surface area (Å²) in [7, 11) is 0. The fourth-order valence-corrected chi connectivity index (χ4v) is 8.56. The monoisotopic (exact) mass is 651 g/mol. The number of ether oxygens (including phenoxy) is 2. The van der Waals surface area contributed by atoms with Crippen LogP contribution in [0.2, 0.25) is 5.02 Å². The number of benzene rings is 1. The largest absolute Gasteiger partial charge is 0.489 e. The molecule has 3 unspecified atom stereocenters. The number of aryl methyl sites for hydroxylation is 1. The molecule has 4 saturated heterocycles. The molecule has 2 bridgehead atoms. The molecule has 5 aliphatic rings. The Morgan fingerprint density at radius 3 is 2.84 bits per heavy atom. The summed E-state index contributed by atoms with van der Waals surface area (Å²) in [5, 5.41) is 3.36. The maximum absolute atomic E-state index is 16.9. The highest BCUT2D eigenvalue weighted by atomic mass is 35.5. The molecule has 240 valence electrons. The summed E-state index contributed by atoms with van der Waals surface area (Å²) in [6.07, 6.45) is -2.09. The summed E-state index contributed by atoms with van der Waals surface area (Å²) >= 11 is 6.79. The smallest absolute Gasteiger partial charge is 0.418 e. The zero-order valence-electron chi connectivity index (χ0n) is 24.4. The Morgan fingerprint density at radius 1 is 1.22 bits per heavy atom. The topological polar surface area (TPSA) is 102 Å². The first-order valence-corrected chi connectivity index (χ1v) is 15.6. The predicted molar refractivity (Wildman–Crippen MR) is 157 cm³/mol. The second-order valence-electron chi connectivity index (χ2n) is 12.9. The second kappa shape index (κ2) is 10.1. The number of nitrogen functional groups attached to an aromatic ring is 1. The molecule has 4 fully saturated rings. The number of aromatic nitrogens is 3. The third kappa shape index (κ3) is 4.49. The minimum Gasteiger partial charge on any atom is -0.489 e. The highest BCUT2D eigenvalue weighted by molar-refractivity contribution is 6.36. The number of anilines is 2. The molecule has 0 spiro atoms. The van der Waals surface area contributed by atoms with Crippen molar-refractivity contribution >= 4 is 34.1 Å². The van der Waals surface area contributed by atoms with Gasteiger partial charge in [-0.2, -0.15) is 23.1 Å². The van der Waals surface area contributed by atoms with E-state index in [4.69, 9.17) is 31.8 Å². The van der Waals surface area contributed by atoms with Gasteiger partial charge in [-0.25, -0.2) is 13.8 Å². The zero-order chi connectivity index (χ0) is 31.4. The molecule has 0 aliphatic carbocycles. The number of fused-ring (bicyclic) bond motifs is 6. The van der Waals surface area contributed by atoms with Gasteiger partial charge in [0.15, 0.2) is 11.6 Å². The van der Waals surface area contributed by atoms with Crippen LogP contribution >= 0.6 is 11.6 Å². The number of hydrogen-bond donors (Lipinski definition) is 2. The second-order valence-corrected chi connectivity index (χ2v) is 13.3. The van der Waals surface area contributed by atoms with Crippen LogP contribution in [-0.4, -0.2) is 82.5 Å². The van der Waals surface area contributed by atoms with E-state index in [1.165, 1.54) is 6.92 Å². The van der Waals surface area contributed by atoms with Gasteiger partial charge in [-0.3, -0.25) is 4.90 Å². The summed E-state index contributed by atoms with van der Waals surface area (Å²) in [6.45, 7) is 3.07. The van der Waals surface area contributed by atoms with Crippen molar-refractivity contribution in [2.45, 2.75) is 75.0 Å². The van der Waals surface area contributed by atoms with Crippen LogP contribution in [0.15, 0.2) is 6.07 Å². The van der Waals surface area contributed by atoms with Crippen LogP contribution in [-0.2, 0) is 6.18 Å². The summed E-state index contributed by atoms with van der Waals surface area (Å²) < 4.78 is 86.9. The van der Waals surface area contributed by atoms with Crippen LogP contribution in [0.25, 0.3) is 22.2 Å². The molecular weight excluding hydrogens is 621 g/mol. The Kier molecular flexibility index (Phi) is 6.57. The summed E-state index contributed by atoms with van der Waals surface area (Å²) in [5.41, 5.74) is 2.28. The molecule has 5 aliphatic heterocycles. The van der Waals surface area contributed by atoms with Gasteiger partial charge in [-0.1, -0.05) is 11.6 Å². The van der Waals surface area contributed by atoms with Gasteiger partial charge >= 0.3 is 12.2 Å². The van der Waals surface area contributed by atoms with Crippen LogP contribution in [0.3, 0.4) is 0 Å². The van der Waals surface area contributed by atoms with Crippen molar-refractivity contribution in [1.29, 1.82) is 0 Å². The average Bonchev–Trinajstić information content (AvgIpc) is 3.59. The van der Waals surface area contributed by atoms with Gasteiger partial charge in [-0.05, 0) is 50.8 Å². The number of pyridine rings is 1.